The minimum atomic E-state index is -0.467. The van der Waals surface area contributed by atoms with Crippen molar-refractivity contribution in [2.45, 2.75) is 26.8 Å². The quantitative estimate of drug-likeness (QED) is 0.145. The van der Waals surface area contributed by atoms with E-state index < -0.39 is 6.04 Å². The summed E-state index contributed by atoms with van der Waals surface area (Å²) < 4.78 is 9.40. The SMILES string of the molecule is C=Nc1c(C(N)=NC)c(-c2cnn(/C=C/O)c2)nn1C(C)c1cc(Cl)c(C)c(-c2ccc(C(=O)N(C)C)nc2)c1OCC. The minimum Gasteiger partial charge on any atom is -0.514 e. The van der Waals surface area contributed by atoms with Crippen molar-refractivity contribution in [2.75, 3.05) is 27.7 Å². The van der Waals surface area contributed by atoms with Gasteiger partial charge in [0.1, 0.15) is 23.0 Å². The second kappa shape index (κ2) is 12.9. The molecule has 3 N–H and O–H groups in total. The molecule has 0 aliphatic heterocycles. The summed E-state index contributed by atoms with van der Waals surface area (Å²) in [6.45, 7) is 9.93. The molecule has 3 aromatic heterocycles. The highest BCUT2D eigenvalue weighted by molar-refractivity contribution is 6.32. The Morgan fingerprint density at radius 2 is 2.05 bits per heavy atom. The zero-order valence-electron chi connectivity index (χ0n) is 24.9. The van der Waals surface area contributed by atoms with E-state index in [1.165, 1.54) is 15.8 Å². The smallest absolute Gasteiger partial charge is 0.271 e. The van der Waals surface area contributed by atoms with Gasteiger partial charge in [-0.15, -0.1) is 0 Å². The Balaban J connectivity index is 1.94. The lowest BCUT2D eigenvalue weighted by Gasteiger charge is -2.23. The third-order valence-corrected chi connectivity index (χ3v) is 7.31. The van der Waals surface area contributed by atoms with Crippen LogP contribution in [0.4, 0.5) is 5.82 Å². The van der Waals surface area contributed by atoms with Crippen molar-refractivity contribution in [3.05, 3.63) is 70.5 Å². The van der Waals surface area contributed by atoms with E-state index >= 15 is 0 Å². The van der Waals surface area contributed by atoms with Crippen molar-refractivity contribution in [1.29, 1.82) is 0 Å². The van der Waals surface area contributed by atoms with Gasteiger partial charge in [-0.3, -0.25) is 14.8 Å². The summed E-state index contributed by atoms with van der Waals surface area (Å²) in [5.74, 6) is 1.01. The van der Waals surface area contributed by atoms with E-state index in [1.54, 1.807) is 50.5 Å². The van der Waals surface area contributed by atoms with Crippen LogP contribution in [0.15, 0.2) is 53.0 Å². The molecule has 12 nitrogen and oxygen atoms in total. The number of hydrogen-bond acceptors (Lipinski definition) is 8. The summed E-state index contributed by atoms with van der Waals surface area (Å²) in [6.07, 6.45) is 7.20. The summed E-state index contributed by atoms with van der Waals surface area (Å²) in [4.78, 5) is 26.8. The number of aliphatic hydroxyl groups is 1. The number of pyridine rings is 1. The third-order valence-electron chi connectivity index (χ3n) is 6.91. The first-order valence-electron chi connectivity index (χ1n) is 13.4. The number of carbonyl (C=O) groups is 1. The Morgan fingerprint density at radius 3 is 2.63 bits per heavy atom. The molecule has 0 aliphatic rings. The van der Waals surface area contributed by atoms with Gasteiger partial charge in [-0.2, -0.15) is 10.2 Å². The highest BCUT2D eigenvalue weighted by atomic mass is 35.5. The van der Waals surface area contributed by atoms with Gasteiger partial charge in [0, 0.05) is 60.8 Å². The average Bonchev–Trinajstić information content (AvgIpc) is 3.63. The summed E-state index contributed by atoms with van der Waals surface area (Å²) in [7, 11) is 4.93. The van der Waals surface area contributed by atoms with Crippen molar-refractivity contribution in [2.24, 2.45) is 15.7 Å². The molecule has 4 rings (SSSR count). The Bertz CT molecular complexity index is 1720. The summed E-state index contributed by atoms with van der Waals surface area (Å²) in [6, 6.07) is 4.90. The Morgan fingerprint density at radius 1 is 1.30 bits per heavy atom. The van der Waals surface area contributed by atoms with Crippen LogP contribution in [0.1, 0.15) is 47.1 Å². The summed E-state index contributed by atoms with van der Waals surface area (Å²) in [5, 5.41) is 18.8. The van der Waals surface area contributed by atoms with Gasteiger partial charge in [0.2, 0.25) is 0 Å². The summed E-state index contributed by atoms with van der Waals surface area (Å²) in [5.41, 5.74) is 11.3. The lowest BCUT2D eigenvalue weighted by atomic mass is 9.94. The number of carbonyl (C=O) groups excluding carboxylic acids is 1. The molecule has 4 aromatic rings. The Hall–Kier alpha value is -4.97. The molecule has 0 fully saturated rings. The number of benzene rings is 1. The lowest BCUT2D eigenvalue weighted by Crippen LogP contribution is -2.22. The molecule has 0 bridgehead atoms. The standard InChI is InChI=1S/C30H34ClN9O3/c1-8-43-27-21(13-22(31)17(2)24(27)19-9-10-23(35-14-19)30(42)38(6)7)18(3)40-29(34-5)25(28(32)33-4)26(37-40)20-15-36-39(16-20)11-12-41/h9-16,18,41H,5,8H2,1-4,6-7H3,(H2,32,33)/b12-11+. The molecule has 0 aliphatic carbocycles. The molecule has 1 amide bonds. The van der Waals surface area contributed by atoms with Gasteiger partial charge < -0.3 is 20.5 Å². The second-order valence-electron chi connectivity index (χ2n) is 9.78. The molecule has 43 heavy (non-hydrogen) atoms. The number of rotatable bonds is 10. The highest BCUT2D eigenvalue weighted by Gasteiger charge is 2.29. The highest BCUT2D eigenvalue weighted by Crippen LogP contribution is 2.44. The van der Waals surface area contributed by atoms with Crippen LogP contribution in [0.2, 0.25) is 5.02 Å². The number of aliphatic imine (C=N–C) groups is 2. The molecular formula is C30H34ClN9O3. The monoisotopic (exact) mass is 603 g/mol. The van der Waals surface area contributed by atoms with E-state index in [1.807, 2.05) is 32.9 Å². The van der Waals surface area contributed by atoms with E-state index in [-0.39, 0.29) is 11.7 Å². The maximum atomic E-state index is 12.4. The zero-order valence-corrected chi connectivity index (χ0v) is 25.7. The fourth-order valence-corrected chi connectivity index (χ4v) is 4.95. The minimum absolute atomic E-state index is 0.198. The maximum absolute atomic E-state index is 12.4. The number of hydrogen-bond donors (Lipinski definition) is 2. The maximum Gasteiger partial charge on any atom is 0.271 e. The number of nitrogens with zero attached hydrogens (tertiary/aromatic N) is 8. The molecular weight excluding hydrogens is 570 g/mol. The van der Waals surface area contributed by atoms with Crippen LogP contribution >= 0.6 is 11.6 Å². The number of halogens is 1. The third kappa shape index (κ3) is 5.86. The van der Waals surface area contributed by atoms with Gasteiger partial charge >= 0.3 is 0 Å². The van der Waals surface area contributed by atoms with E-state index in [9.17, 15) is 9.90 Å². The molecule has 1 atom stereocenters. The van der Waals surface area contributed by atoms with Crippen molar-refractivity contribution < 1.29 is 14.6 Å². The second-order valence-corrected chi connectivity index (χ2v) is 10.2. The van der Waals surface area contributed by atoms with Crippen molar-refractivity contribution in [3.8, 4) is 28.1 Å². The largest absolute Gasteiger partial charge is 0.514 e. The molecule has 13 heteroatoms. The molecule has 0 radical (unpaired) electrons. The number of amides is 1. The molecule has 0 saturated carbocycles. The first-order chi connectivity index (χ1) is 20.6. The Labute approximate surface area is 254 Å². The first kappa shape index (κ1) is 31.0. The van der Waals surface area contributed by atoms with Crippen LogP contribution in [0.3, 0.4) is 0 Å². The zero-order chi connectivity index (χ0) is 31.4. The number of aliphatic hydroxyl groups excluding tert-OH is 1. The van der Waals surface area contributed by atoms with E-state index in [0.29, 0.717) is 45.7 Å². The number of ether oxygens (including phenoxy) is 1. The normalized spacial score (nSPS) is 12.5. The van der Waals surface area contributed by atoms with Gasteiger partial charge in [0.25, 0.3) is 5.91 Å². The van der Waals surface area contributed by atoms with Crippen LogP contribution in [-0.4, -0.2) is 80.8 Å². The van der Waals surface area contributed by atoms with E-state index in [4.69, 9.17) is 27.2 Å². The van der Waals surface area contributed by atoms with Crippen LogP contribution < -0.4 is 10.5 Å². The lowest BCUT2D eigenvalue weighted by molar-refractivity contribution is 0.0822. The van der Waals surface area contributed by atoms with Crippen LogP contribution in [-0.2, 0) is 0 Å². The van der Waals surface area contributed by atoms with E-state index in [0.717, 1.165) is 28.5 Å². The van der Waals surface area contributed by atoms with Crippen molar-refractivity contribution in [1.82, 2.24) is 29.4 Å². The van der Waals surface area contributed by atoms with Gasteiger partial charge in [0.15, 0.2) is 5.82 Å². The van der Waals surface area contributed by atoms with Crippen LogP contribution in [0.25, 0.3) is 28.6 Å². The fraction of sp³-hybridized carbons (Fsp3) is 0.267. The number of amidine groups is 1. The average molecular weight is 604 g/mol. The van der Waals surface area contributed by atoms with Crippen molar-refractivity contribution >= 4 is 42.1 Å². The predicted molar refractivity (Wildman–Crippen MR) is 170 cm³/mol. The van der Waals surface area contributed by atoms with E-state index in [2.05, 4.69) is 26.8 Å². The number of aromatic nitrogens is 5. The van der Waals surface area contributed by atoms with Gasteiger partial charge in [-0.1, -0.05) is 17.7 Å². The van der Waals surface area contributed by atoms with Gasteiger partial charge in [0.05, 0.1) is 36.9 Å². The predicted octanol–water partition coefficient (Wildman–Crippen LogP) is 5.13. The molecule has 1 aromatic carbocycles. The van der Waals surface area contributed by atoms with Gasteiger partial charge in [-0.25, -0.2) is 14.4 Å². The molecule has 0 saturated heterocycles. The molecule has 0 spiro atoms. The summed E-state index contributed by atoms with van der Waals surface area (Å²) >= 11 is 6.83. The first-order valence-corrected chi connectivity index (χ1v) is 13.8. The van der Waals surface area contributed by atoms with Crippen molar-refractivity contribution in [3.63, 3.8) is 0 Å². The van der Waals surface area contributed by atoms with Crippen LogP contribution in [0.5, 0.6) is 5.75 Å². The number of nitrogens with two attached hydrogens (primary N) is 1. The topological polar surface area (TPSA) is 149 Å². The Kier molecular flexibility index (Phi) is 9.30. The fourth-order valence-electron chi connectivity index (χ4n) is 4.74. The molecule has 224 valence electrons. The molecule has 1 unspecified atom stereocenters. The van der Waals surface area contributed by atoms with Crippen LogP contribution in [0, 0.1) is 6.92 Å². The van der Waals surface area contributed by atoms with Gasteiger partial charge in [-0.05, 0) is 45.2 Å². The molecule has 3 heterocycles.